The van der Waals surface area contributed by atoms with E-state index in [1.165, 1.54) is 12.1 Å². The second-order valence-corrected chi connectivity index (χ2v) is 6.14. The molecular weight excluding hydrogens is 288 g/mol. The van der Waals surface area contributed by atoms with E-state index in [4.69, 9.17) is 14.0 Å². The Kier molecular flexibility index (Phi) is 4.43. The van der Waals surface area contributed by atoms with Crippen LogP contribution in [-0.4, -0.2) is 54.9 Å². The predicted octanol–water partition coefficient (Wildman–Crippen LogP) is -0.861. The molecule has 20 heavy (non-hydrogen) atoms. The van der Waals surface area contributed by atoms with Crippen molar-refractivity contribution in [2.24, 2.45) is 0 Å². The summed E-state index contributed by atoms with van der Waals surface area (Å²) in [5.74, 6) is 0. The van der Waals surface area contributed by atoms with E-state index in [1.54, 1.807) is 19.1 Å². The van der Waals surface area contributed by atoms with Crippen molar-refractivity contribution in [2.75, 3.05) is 6.61 Å². The molecule has 0 amide bonds. The molecule has 1 saturated heterocycles. The van der Waals surface area contributed by atoms with Crippen molar-refractivity contribution < 1.29 is 32.7 Å². The monoisotopic (exact) mass is 304 g/mol. The van der Waals surface area contributed by atoms with E-state index in [9.17, 15) is 18.6 Å². The van der Waals surface area contributed by atoms with E-state index in [0.29, 0.717) is 0 Å². The van der Waals surface area contributed by atoms with Gasteiger partial charge in [-0.2, -0.15) is 8.42 Å². The van der Waals surface area contributed by atoms with Crippen LogP contribution in [0.3, 0.4) is 0 Å². The van der Waals surface area contributed by atoms with Gasteiger partial charge in [0.1, 0.15) is 12.2 Å². The van der Waals surface area contributed by atoms with Gasteiger partial charge >= 0.3 is 0 Å². The van der Waals surface area contributed by atoms with Crippen molar-refractivity contribution in [3.63, 3.8) is 0 Å². The van der Waals surface area contributed by atoms with Crippen molar-refractivity contribution >= 4 is 10.1 Å². The highest BCUT2D eigenvalue weighted by atomic mass is 32.2. The molecule has 1 heterocycles. The molecule has 1 aliphatic heterocycles. The lowest BCUT2D eigenvalue weighted by atomic mass is 10.1. The standard InChI is InChI=1S/C12H16O7S/c1-7-2-4-8(5-3-7)20(16,17)19-11-10(14)9(6-13)18-12(11)15/h2-5,9-15H,6H2,1H3/t9-,10-,11-,12?/m1/s1. The van der Waals surface area contributed by atoms with Gasteiger partial charge in [0, 0.05) is 0 Å². The quantitative estimate of drug-likeness (QED) is 0.620. The van der Waals surface area contributed by atoms with Gasteiger partial charge in [-0.3, -0.25) is 4.18 Å². The van der Waals surface area contributed by atoms with E-state index in [1.807, 2.05) is 0 Å². The molecule has 0 saturated carbocycles. The highest BCUT2D eigenvalue weighted by Crippen LogP contribution is 2.26. The highest BCUT2D eigenvalue weighted by molar-refractivity contribution is 7.86. The molecule has 0 aromatic heterocycles. The molecule has 1 unspecified atom stereocenters. The summed E-state index contributed by atoms with van der Waals surface area (Å²) in [7, 11) is -4.14. The van der Waals surface area contributed by atoms with Crippen molar-refractivity contribution in [1.29, 1.82) is 0 Å². The van der Waals surface area contributed by atoms with Crippen LogP contribution in [0.1, 0.15) is 5.56 Å². The summed E-state index contributed by atoms with van der Waals surface area (Å²) in [6.45, 7) is 1.25. The Hall–Kier alpha value is -1.03. The van der Waals surface area contributed by atoms with Crippen LogP contribution in [0.2, 0.25) is 0 Å². The van der Waals surface area contributed by atoms with Crippen molar-refractivity contribution in [1.82, 2.24) is 0 Å². The minimum atomic E-state index is -4.14. The van der Waals surface area contributed by atoms with E-state index in [0.717, 1.165) is 5.56 Å². The third-order valence-corrected chi connectivity index (χ3v) is 4.37. The fourth-order valence-corrected chi connectivity index (χ4v) is 2.96. The minimum Gasteiger partial charge on any atom is -0.394 e. The first-order valence-electron chi connectivity index (χ1n) is 5.97. The molecule has 0 radical (unpaired) electrons. The maximum Gasteiger partial charge on any atom is 0.297 e. The van der Waals surface area contributed by atoms with Crippen LogP contribution in [0.4, 0.5) is 0 Å². The summed E-state index contributed by atoms with van der Waals surface area (Å²) in [6.07, 6.45) is -5.61. The first-order chi connectivity index (χ1) is 9.35. The van der Waals surface area contributed by atoms with Crippen LogP contribution in [0, 0.1) is 6.92 Å². The Morgan fingerprint density at radius 2 is 1.85 bits per heavy atom. The lowest BCUT2D eigenvalue weighted by Gasteiger charge is -2.17. The Morgan fingerprint density at radius 3 is 2.35 bits per heavy atom. The summed E-state index contributed by atoms with van der Waals surface area (Å²) >= 11 is 0. The Balaban J connectivity index is 2.18. The zero-order valence-corrected chi connectivity index (χ0v) is 11.5. The van der Waals surface area contributed by atoms with Gasteiger partial charge in [-0.05, 0) is 19.1 Å². The van der Waals surface area contributed by atoms with Gasteiger partial charge in [0.05, 0.1) is 11.5 Å². The zero-order chi connectivity index (χ0) is 14.9. The molecule has 4 atom stereocenters. The summed E-state index contributed by atoms with van der Waals surface area (Å²) in [4.78, 5) is -0.0880. The number of aryl methyl sites for hydroxylation is 1. The molecule has 7 nitrogen and oxygen atoms in total. The molecule has 8 heteroatoms. The largest absolute Gasteiger partial charge is 0.394 e. The summed E-state index contributed by atoms with van der Waals surface area (Å²) < 4.78 is 33.7. The summed E-state index contributed by atoms with van der Waals surface area (Å²) in [6, 6.07) is 5.93. The van der Waals surface area contributed by atoms with Crippen LogP contribution < -0.4 is 0 Å². The van der Waals surface area contributed by atoms with Crippen molar-refractivity contribution in [2.45, 2.75) is 36.4 Å². The molecule has 1 aliphatic rings. The average Bonchev–Trinajstić information content (AvgIpc) is 2.66. The first kappa shape index (κ1) is 15.4. The molecule has 112 valence electrons. The maximum absolute atomic E-state index is 12.0. The van der Waals surface area contributed by atoms with Crippen LogP contribution >= 0.6 is 0 Å². The number of rotatable bonds is 4. The number of hydrogen-bond donors (Lipinski definition) is 3. The molecule has 1 fully saturated rings. The van der Waals surface area contributed by atoms with E-state index in [2.05, 4.69) is 0 Å². The third kappa shape index (κ3) is 3.00. The lowest BCUT2D eigenvalue weighted by Crippen LogP contribution is -2.37. The van der Waals surface area contributed by atoms with Gasteiger partial charge in [-0.25, -0.2) is 0 Å². The molecule has 0 aliphatic carbocycles. The van der Waals surface area contributed by atoms with Gasteiger partial charge < -0.3 is 20.1 Å². The fourth-order valence-electron chi connectivity index (χ4n) is 1.88. The van der Waals surface area contributed by atoms with Gasteiger partial charge in [-0.1, -0.05) is 17.7 Å². The highest BCUT2D eigenvalue weighted by Gasteiger charge is 2.46. The number of aliphatic hydroxyl groups excluding tert-OH is 3. The second-order valence-electron chi connectivity index (χ2n) is 4.57. The van der Waals surface area contributed by atoms with Gasteiger partial charge in [0.15, 0.2) is 12.4 Å². The molecule has 3 N–H and O–H groups in total. The molecule has 1 aromatic carbocycles. The van der Waals surface area contributed by atoms with Crippen LogP contribution in [0.15, 0.2) is 29.2 Å². The second kappa shape index (κ2) is 5.76. The minimum absolute atomic E-state index is 0.0880. The molecule has 0 spiro atoms. The van der Waals surface area contributed by atoms with E-state index >= 15 is 0 Å². The SMILES string of the molecule is Cc1ccc(S(=O)(=O)O[C@H]2C(O)O[C@H](CO)[C@H]2O)cc1. The average molecular weight is 304 g/mol. The summed E-state index contributed by atoms with van der Waals surface area (Å²) in [5, 5.41) is 28.2. The van der Waals surface area contributed by atoms with Crippen LogP contribution in [-0.2, 0) is 19.0 Å². The first-order valence-corrected chi connectivity index (χ1v) is 7.38. The smallest absolute Gasteiger partial charge is 0.297 e. The lowest BCUT2D eigenvalue weighted by molar-refractivity contribution is -0.127. The predicted molar refractivity (Wildman–Crippen MR) is 67.2 cm³/mol. The Labute approximate surface area is 116 Å². The molecular formula is C12H16O7S. The van der Waals surface area contributed by atoms with Crippen LogP contribution in [0.25, 0.3) is 0 Å². The third-order valence-electron chi connectivity index (χ3n) is 3.04. The zero-order valence-electron chi connectivity index (χ0n) is 10.7. The number of benzene rings is 1. The van der Waals surface area contributed by atoms with Gasteiger partial charge in [0.25, 0.3) is 10.1 Å². The summed E-state index contributed by atoms with van der Waals surface area (Å²) in [5.41, 5.74) is 0.883. The number of aliphatic hydroxyl groups is 3. The fraction of sp³-hybridized carbons (Fsp3) is 0.500. The molecule has 2 rings (SSSR count). The van der Waals surface area contributed by atoms with E-state index in [-0.39, 0.29) is 4.90 Å². The van der Waals surface area contributed by atoms with Crippen LogP contribution in [0.5, 0.6) is 0 Å². The topological polar surface area (TPSA) is 113 Å². The van der Waals surface area contributed by atoms with Crippen molar-refractivity contribution in [3.8, 4) is 0 Å². The number of ether oxygens (including phenoxy) is 1. The Bertz CT molecular complexity index is 554. The van der Waals surface area contributed by atoms with Gasteiger partial charge in [0.2, 0.25) is 0 Å². The normalized spacial score (nSPS) is 30.6. The van der Waals surface area contributed by atoms with E-state index < -0.39 is 41.3 Å². The molecule has 1 aromatic rings. The Morgan fingerprint density at radius 1 is 1.25 bits per heavy atom. The number of hydrogen-bond acceptors (Lipinski definition) is 7. The van der Waals surface area contributed by atoms with Crippen molar-refractivity contribution in [3.05, 3.63) is 29.8 Å². The van der Waals surface area contributed by atoms with Gasteiger partial charge in [-0.15, -0.1) is 0 Å². The molecule has 0 bridgehead atoms. The maximum atomic E-state index is 12.0.